The highest BCUT2D eigenvalue weighted by molar-refractivity contribution is 6.15. The van der Waals surface area contributed by atoms with Gasteiger partial charge in [0.05, 0.1) is 12.1 Å². The molecule has 0 unspecified atom stereocenters. The van der Waals surface area contributed by atoms with Gasteiger partial charge in [0.1, 0.15) is 5.69 Å². The Morgan fingerprint density at radius 1 is 0.955 bits per heavy atom. The van der Waals surface area contributed by atoms with Gasteiger partial charge in [0.15, 0.2) is 0 Å². The van der Waals surface area contributed by atoms with E-state index in [9.17, 15) is 9.59 Å². The maximum Gasteiger partial charge on any atom is 0.223 e. The second kappa shape index (κ2) is 5.77. The number of nitrogens with two attached hydrogens (primary N) is 1. The van der Waals surface area contributed by atoms with Crippen molar-refractivity contribution in [2.24, 2.45) is 5.73 Å². The molecule has 22 heavy (non-hydrogen) atoms. The van der Waals surface area contributed by atoms with Gasteiger partial charge >= 0.3 is 0 Å². The number of nitrogens with zero attached hydrogens (tertiary/aromatic N) is 1. The molecule has 1 heterocycles. The van der Waals surface area contributed by atoms with Gasteiger partial charge in [-0.2, -0.15) is 0 Å². The van der Waals surface area contributed by atoms with Crippen molar-refractivity contribution >= 4 is 22.5 Å². The van der Waals surface area contributed by atoms with Gasteiger partial charge in [-0.25, -0.2) is 4.98 Å². The molecular weight excluding hydrogens is 276 g/mol. The minimum absolute atomic E-state index is 0.0138. The Balaban J connectivity index is 2.18. The highest BCUT2D eigenvalue weighted by Crippen LogP contribution is 2.21. The summed E-state index contributed by atoms with van der Waals surface area (Å²) in [5.74, 6) is -0.635. The van der Waals surface area contributed by atoms with Crippen molar-refractivity contribution in [3.05, 3.63) is 77.6 Å². The number of hydrogen-bond donors (Lipinski definition) is 1. The Morgan fingerprint density at radius 2 is 1.64 bits per heavy atom. The van der Waals surface area contributed by atoms with Crippen LogP contribution in [0.5, 0.6) is 0 Å². The van der Waals surface area contributed by atoms with E-state index in [1.807, 2.05) is 42.5 Å². The quantitative estimate of drug-likeness (QED) is 0.750. The molecule has 1 aromatic heterocycles. The lowest BCUT2D eigenvalue weighted by atomic mass is 10.0. The minimum Gasteiger partial charge on any atom is -0.369 e. The van der Waals surface area contributed by atoms with Crippen LogP contribution in [0.3, 0.4) is 0 Å². The zero-order chi connectivity index (χ0) is 15.5. The Hall–Kier alpha value is -3.01. The van der Waals surface area contributed by atoms with Gasteiger partial charge in [-0.15, -0.1) is 0 Å². The predicted octanol–water partition coefficient (Wildman–Crippen LogP) is 2.49. The SMILES string of the molecule is NC(=O)Cc1cc2ccccc2c(C(=O)c2ccccc2)n1. The maximum atomic E-state index is 12.7. The number of carbonyl (C=O) groups excluding carboxylic acids is 2. The summed E-state index contributed by atoms with van der Waals surface area (Å²) in [4.78, 5) is 28.2. The van der Waals surface area contributed by atoms with Crippen molar-refractivity contribution in [3.8, 4) is 0 Å². The molecule has 2 N–H and O–H groups in total. The van der Waals surface area contributed by atoms with Crippen molar-refractivity contribution in [1.29, 1.82) is 0 Å². The first-order valence-electron chi connectivity index (χ1n) is 6.92. The number of aromatic nitrogens is 1. The van der Waals surface area contributed by atoms with Crippen molar-refractivity contribution < 1.29 is 9.59 Å². The molecule has 0 saturated carbocycles. The van der Waals surface area contributed by atoms with Crippen LogP contribution in [0.4, 0.5) is 0 Å². The van der Waals surface area contributed by atoms with Crippen LogP contribution in [-0.2, 0) is 11.2 Å². The van der Waals surface area contributed by atoms with Crippen LogP contribution in [0.2, 0.25) is 0 Å². The number of pyridine rings is 1. The molecule has 1 amide bonds. The van der Waals surface area contributed by atoms with Crippen LogP contribution in [-0.4, -0.2) is 16.7 Å². The first-order chi connectivity index (χ1) is 10.6. The van der Waals surface area contributed by atoms with E-state index in [4.69, 9.17) is 5.73 Å². The second-order valence-corrected chi connectivity index (χ2v) is 5.02. The van der Waals surface area contributed by atoms with Crippen LogP contribution < -0.4 is 5.73 Å². The highest BCUT2D eigenvalue weighted by atomic mass is 16.1. The fraction of sp³-hybridized carbons (Fsp3) is 0.0556. The zero-order valence-corrected chi connectivity index (χ0v) is 11.8. The Labute approximate surface area is 127 Å². The summed E-state index contributed by atoms with van der Waals surface area (Å²) in [6, 6.07) is 18.3. The average molecular weight is 290 g/mol. The minimum atomic E-state index is -0.471. The largest absolute Gasteiger partial charge is 0.369 e. The van der Waals surface area contributed by atoms with E-state index < -0.39 is 5.91 Å². The first-order valence-corrected chi connectivity index (χ1v) is 6.92. The number of benzene rings is 2. The van der Waals surface area contributed by atoms with Crippen molar-refractivity contribution in [1.82, 2.24) is 4.98 Å². The monoisotopic (exact) mass is 290 g/mol. The molecule has 0 aliphatic carbocycles. The third kappa shape index (κ3) is 2.72. The molecule has 0 radical (unpaired) electrons. The number of ketones is 1. The second-order valence-electron chi connectivity index (χ2n) is 5.02. The molecule has 0 spiro atoms. The summed E-state index contributed by atoms with van der Waals surface area (Å²) in [7, 11) is 0. The van der Waals surface area contributed by atoms with E-state index in [0.29, 0.717) is 17.0 Å². The van der Waals surface area contributed by atoms with Crippen LogP contribution in [0.25, 0.3) is 10.8 Å². The van der Waals surface area contributed by atoms with Gasteiger partial charge in [-0.3, -0.25) is 9.59 Å². The third-order valence-corrected chi connectivity index (χ3v) is 3.40. The number of fused-ring (bicyclic) bond motifs is 1. The third-order valence-electron chi connectivity index (χ3n) is 3.40. The van der Waals surface area contributed by atoms with Crippen molar-refractivity contribution in [3.63, 3.8) is 0 Å². The number of amides is 1. The normalized spacial score (nSPS) is 10.5. The molecule has 2 aromatic carbocycles. The van der Waals surface area contributed by atoms with E-state index in [-0.39, 0.29) is 12.2 Å². The lowest BCUT2D eigenvalue weighted by Crippen LogP contribution is -2.16. The van der Waals surface area contributed by atoms with E-state index in [1.54, 1.807) is 18.2 Å². The lowest BCUT2D eigenvalue weighted by Gasteiger charge is -2.08. The molecule has 0 atom stereocenters. The average Bonchev–Trinajstić information content (AvgIpc) is 2.53. The molecule has 4 heteroatoms. The van der Waals surface area contributed by atoms with Crippen molar-refractivity contribution in [2.45, 2.75) is 6.42 Å². The predicted molar refractivity (Wildman–Crippen MR) is 84.5 cm³/mol. The summed E-state index contributed by atoms with van der Waals surface area (Å²) < 4.78 is 0. The number of carbonyl (C=O) groups is 2. The maximum absolute atomic E-state index is 12.7. The van der Waals surface area contributed by atoms with E-state index in [0.717, 1.165) is 10.8 Å². The standard InChI is InChI=1S/C18H14N2O2/c19-16(21)11-14-10-13-8-4-5-9-15(13)17(20-14)18(22)12-6-2-1-3-7-12/h1-10H,11H2,(H2,19,21). The summed E-state index contributed by atoms with van der Waals surface area (Å²) >= 11 is 0. The van der Waals surface area contributed by atoms with Crippen LogP contribution >= 0.6 is 0 Å². The summed E-state index contributed by atoms with van der Waals surface area (Å²) in [5.41, 5.74) is 6.66. The van der Waals surface area contributed by atoms with Gasteiger partial charge < -0.3 is 5.73 Å². The lowest BCUT2D eigenvalue weighted by molar-refractivity contribution is -0.117. The molecule has 4 nitrogen and oxygen atoms in total. The Kier molecular flexibility index (Phi) is 3.66. The van der Waals surface area contributed by atoms with Gasteiger partial charge in [0.25, 0.3) is 0 Å². The number of rotatable bonds is 4. The van der Waals surface area contributed by atoms with Crippen molar-refractivity contribution in [2.75, 3.05) is 0 Å². The molecule has 108 valence electrons. The van der Waals surface area contributed by atoms with Crippen LogP contribution in [0.15, 0.2) is 60.7 Å². The molecule has 0 bridgehead atoms. The van der Waals surface area contributed by atoms with E-state index >= 15 is 0 Å². The fourth-order valence-electron chi connectivity index (χ4n) is 2.42. The van der Waals surface area contributed by atoms with Crippen LogP contribution in [0, 0.1) is 0 Å². The summed E-state index contributed by atoms with van der Waals surface area (Å²) in [6.45, 7) is 0. The molecular formula is C18H14N2O2. The summed E-state index contributed by atoms with van der Waals surface area (Å²) in [6.07, 6.45) is 0.0138. The zero-order valence-electron chi connectivity index (χ0n) is 11.8. The molecule has 0 saturated heterocycles. The van der Waals surface area contributed by atoms with E-state index in [2.05, 4.69) is 4.98 Å². The van der Waals surface area contributed by atoms with Gasteiger partial charge in [-0.1, -0.05) is 54.6 Å². The molecule has 0 fully saturated rings. The van der Waals surface area contributed by atoms with E-state index in [1.165, 1.54) is 0 Å². The number of primary amides is 1. The van der Waals surface area contributed by atoms with Gasteiger partial charge in [-0.05, 0) is 11.5 Å². The first kappa shape index (κ1) is 13.9. The van der Waals surface area contributed by atoms with Gasteiger partial charge in [0, 0.05) is 10.9 Å². The molecule has 3 aromatic rings. The smallest absolute Gasteiger partial charge is 0.223 e. The molecule has 3 rings (SSSR count). The highest BCUT2D eigenvalue weighted by Gasteiger charge is 2.16. The molecule has 0 aliphatic rings. The number of hydrogen-bond acceptors (Lipinski definition) is 3. The van der Waals surface area contributed by atoms with Crippen LogP contribution in [0.1, 0.15) is 21.7 Å². The Morgan fingerprint density at radius 3 is 2.36 bits per heavy atom. The molecule has 0 aliphatic heterocycles. The fourth-order valence-corrected chi connectivity index (χ4v) is 2.42. The van der Waals surface area contributed by atoms with Gasteiger partial charge in [0.2, 0.25) is 11.7 Å². The summed E-state index contributed by atoms with van der Waals surface area (Å²) in [5, 5.41) is 1.64. The Bertz CT molecular complexity index is 857. The topological polar surface area (TPSA) is 73.1 Å².